The predicted molar refractivity (Wildman–Crippen MR) is 71.8 cm³/mol. The average molecular weight is 236 g/mol. The SMILES string of the molecule is Cc1ccc2nc(Nc3ccncc3)ncc2c1. The van der Waals surface area contributed by atoms with E-state index >= 15 is 0 Å². The van der Waals surface area contributed by atoms with Crippen molar-refractivity contribution in [1.82, 2.24) is 15.0 Å². The van der Waals surface area contributed by atoms with Gasteiger partial charge in [0.2, 0.25) is 5.95 Å². The molecule has 0 aliphatic carbocycles. The Balaban J connectivity index is 1.96. The van der Waals surface area contributed by atoms with Crippen LogP contribution in [0.2, 0.25) is 0 Å². The van der Waals surface area contributed by atoms with Crippen molar-refractivity contribution in [2.75, 3.05) is 5.32 Å². The van der Waals surface area contributed by atoms with E-state index in [9.17, 15) is 0 Å². The smallest absolute Gasteiger partial charge is 0.227 e. The van der Waals surface area contributed by atoms with E-state index in [0.717, 1.165) is 16.6 Å². The van der Waals surface area contributed by atoms with Crippen molar-refractivity contribution < 1.29 is 0 Å². The molecule has 1 aromatic carbocycles. The topological polar surface area (TPSA) is 50.7 Å². The molecule has 18 heavy (non-hydrogen) atoms. The Bertz CT molecular complexity index is 680. The van der Waals surface area contributed by atoms with Gasteiger partial charge in [0.25, 0.3) is 0 Å². The lowest BCUT2D eigenvalue weighted by Crippen LogP contribution is -1.97. The molecule has 0 aliphatic heterocycles. The molecule has 3 aromatic rings. The number of aromatic nitrogens is 3. The molecule has 0 bridgehead atoms. The third kappa shape index (κ3) is 2.13. The number of benzene rings is 1. The molecule has 0 saturated heterocycles. The molecule has 88 valence electrons. The molecule has 2 aromatic heterocycles. The van der Waals surface area contributed by atoms with Crippen LogP contribution in [0.5, 0.6) is 0 Å². The van der Waals surface area contributed by atoms with E-state index in [1.807, 2.05) is 30.5 Å². The Kier molecular flexibility index (Phi) is 2.61. The highest BCUT2D eigenvalue weighted by Crippen LogP contribution is 2.16. The van der Waals surface area contributed by atoms with Gasteiger partial charge in [0.15, 0.2) is 0 Å². The summed E-state index contributed by atoms with van der Waals surface area (Å²) < 4.78 is 0. The predicted octanol–water partition coefficient (Wildman–Crippen LogP) is 3.08. The molecule has 0 unspecified atom stereocenters. The Morgan fingerprint density at radius 3 is 2.72 bits per heavy atom. The van der Waals surface area contributed by atoms with Crippen molar-refractivity contribution in [2.45, 2.75) is 6.92 Å². The van der Waals surface area contributed by atoms with Crippen LogP contribution in [0.15, 0.2) is 48.9 Å². The molecule has 0 spiro atoms. The van der Waals surface area contributed by atoms with E-state index in [4.69, 9.17) is 0 Å². The maximum Gasteiger partial charge on any atom is 0.227 e. The molecular weight excluding hydrogens is 224 g/mol. The van der Waals surface area contributed by atoms with Crippen LogP contribution in [-0.2, 0) is 0 Å². The lowest BCUT2D eigenvalue weighted by molar-refractivity contribution is 1.20. The molecule has 1 N–H and O–H groups in total. The van der Waals surface area contributed by atoms with Crippen LogP contribution in [-0.4, -0.2) is 15.0 Å². The number of fused-ring (bicyclic) bond motifs is 1. The van der Waals surface area contributed by atoms with Crippen molar-refractivity contribution in [2.24, 2.45) is 0 Å². The van der Waals surface area contributed by atoms with Gasteiger partial charge in [-0.05, 0) is 31.2 Å². The normalized spacial score (nSPS) is 10.5. The summed E-state index contributed by atoms with van der Waals surface area (Å²) in [6.07, 6.45) is 5.29. The van der Waals surface area contributed by atoms with Crippen LogP contribution in [0.25, 0.3) is 10.9 Å². The minimum Gasteiger partial charge on any atom is -0.324 e. The zero-order chi connectivity index (χ0) is 12.4. The van der Waals surface area contributed by atoms with Gasteiger partial charge >= 0.3 is 0 Å². The quantitative estimate of drug-likeness (QED) is 0.742. The second kappa shape index (κ2) is 4.41. The van der Waals surface area contributed by atoms with E-state index < -0.39 is 0 Å². The van der Waals surface area contributed by atoms with Crippen molar-refractivity contribution in [3.05, 3.63) is 54.5 Å². The first kappa shape index (κ1) is 10.7. The fraction of sp³-hybridized carbons (Fsp3) is 0.0714. The highest BCUT2D eigenvalue weighted by atomic mass is 15.1. The summed E-state index contributed by atoms with van der Waals surface area (Å²) in [4.78, 5) is 12.7. The summed E-state index contributed by atoms with van der Waals surface area (Å²) in [7, 11) is 0. The maximum atomic E-state index is 4.47. The fourth-order valence-electron chi connectivity index (χ4n) is 1.78. The number of anilines is 2. The molecule has 4 nitrogen and oxygen atoms in total. The van der Waals surface area contributed by atoms with Crippen LogP contribution < -0.4 is 5.32 Å². The Labute approximate surface area is 105 Å². The van der Waals surface area contributed by atoms with Crippen molar-refractivity contribution in [3.8, 4) is 0 Å². The van der Waals surface area contributed by atoms with E-state index in [0.29, 0.717) is 5.95 Å². The first-order chi connectivity index (χ1) is 8.81. The van der Waals surface area contributed by atoms with Crippen molar-refractivity contribution in [3.63, 3.8) is 0 Å². The fourth-order valence-corrected chi connectivity index (χ4v) is 1.78. The van der Waals surface area contributed by atoms with E-state index in [1.54, 1.807) is 12.4 Å². The summed E-state index contributed by atoms with van der Waals surface area (Å²) in [5.74, 6) is 0.595. The average Bonchev–Trinajstić information content (AvgIpc) is 2.40. The summed E-state index contributed by atoms with van der Waals surface area (Å²) in [5, 5.41) is 4.20. The van der Waals surface area contributed by atoms with Crippen LogP contribution in [0, 0.1) is 6.92 Å². The number of nitrogens with one attached hydrogen (secondary N) is 1. The highest BCUT2D eigenvalue weighted by molar-refractivity contribution is 5.79. The molecule has 0 radical (unpaired) electrons. The minimum atomic E-state index is 0.595. The Morgan fingerprint density at radius 1 is 1.06 bits per heavy atom. The number of hydrogen-bond donors (Lipinski definition) is 1. The van der Waals surface area contributed by atoms with Gasteiger partial charge in [0.1, 0.15) is 0 Å². The number of hydrogen-bond acceptors (Lipinski definition) is 4. The number of rotatable bonds is 2. The van der Waals surface area contributed by atoms with Gasteiger partial charge in [-0.15, -0.1) is 0 Å². The van der Waals surface area contributed by atoms with Crippen LogP contribution in [0.3, 0.4) is 0 Å². The van der Waals surface area contributed by atoms with E-state index in [-0.39, 0.29) is 0 Å². The van der Waals surface area contributed by atoms with Gasteiger partial charge in [-0.25, -0.2) is 9.97 Å². The second-order valence-corrected chi connectivity index (χ2v) is 4.12. The number of nitrogens with zero attached hydrogens (tertiary/aromatic N) is 3. The van der Waals surface area contributed by atoms with Gasteiger partial charge in [-0.1, -0.05) is 11.6 Å². The van der Waals surface area contributed by atoms with Crippen LogP contribution >= 0.6 is 0 Å². The lowest BCUT2D eigenvalue weighted by Gasteiger charge is -2.05. The molecule has 0 saturated carbocycles. The molecule has 0 atom stereocenters. The zero-order valence-electron chi connectivity index (χ0n) is 9.96. The summed E-state index contributed by atoms with van der Waals surface area (Å²) in [6, 6.07) is 9.88. The maximum absolute atomic E-state index is 4.47. The minimum absolute atomic E-state index is 0.595. The monoisotopic (exact) mass is 236 g/mol. The van der Waals surface area contributed by atoms with Gasteiger partial charge in [-0.2, -0.15) is 0 Å². The van der Waals surface area contributed by atoms with Gasteiger partial charge < -0.3 is 5.32 Å². The summed E-state index contributed by atoms with van der Waals surface area (Å²) in [5.41, 5.74) is 3.07. The molecular formula is C14H12N4. The first-order valence-corrected chi connectivity index (χ1v) is 5.72. The first-order valence-electron chi connectivity index (χ1n) is 5.72. The van der Waals surface area contributed by atoms with Crippen molar-refractivity contribution in [1.29, 1.82) is 0 Å². The molecule has 3 rings (SSSR count). The second-order valence-electron chi connectivity index (χ2n) is 4.12. The molecule has 4 heteroatoms. The number of pyridine rings is 1. The van der Waals surface area contributed by atoms with Crippen molar-refractivity contribution >= 4 is 22.5 Å². The molecule has 2 heterocycles. The summed E-state index contributed by atoms with van der Waals surface area (Å²) in [6.45, 7) is 2.06. The standard InChI is InChI=1S/C14H12N4/c1-10-2-3-13-11(8-10)9-16-14(18-13)17-12-4-6-15-7-5-12/h2-9H,1H3,(H,15,16,17,18). The molecule has 0 amide bonds. The highest BCUT2D eigenvalue weighted by Gasteiger charge is 2.00. The van der Waals surface area contributed by atoms with Gasteiger partial charge in [-0.3, -0.25) is 4.98 Å². The summed E-state index contributed by atoms with van der Waals surface area (Å²) >= 11 is 0. The Hall–Kier alpha value is -2.49. The largest absolute Gasteiger partial charge is 0.324 e. The van der Waals surface area contributed by atoms with Gasteiger partial charge in [0, 0.05) is 29.7 Å². The van der Waals surface area contributed by atoms with Crippen LogP contribution in [0.4, 0.5) is 11.6 Å². The molecule has 0 fully saturated rings. The Morgan fingerprint density at radius 2 is 1.89 bits per heavy atom. The van der Waals surface area contributed by atoms with Crippen LogP contribution in [0.1, 0.15) is 5.56 Å². The van der Waals surface area contributed by atoms with E-state index in [1.165, 1.54) is 5.56 Å². The third-order valence-corrected chi connectivity index (χ3v) is 2.67. The van der Waals surface area contributed by atoms with E-state index in [2.05, 4.69) is 33.3 Å². The lowest BCUT2D eigenvalue weighted by atomic mass is 10.2. The third-order valence-electron chi connectivity index (χ3n) is 2.67. The number of aryl methyl sites for hydroxylation is 1. The zero-order valence-corrected chi connectivity index (χ0v) is 9.96. The molecule has 0 aliphatic rings. The van der Waals surface area contributed by atoms with Gasteiger partial charge in [0.05, 0.1) is 5.52 Å².